The van der Waals surface area contributed by atoms with Gasteiger partial charge in [0.05, 0.1) is 6.54 Å². The maximum absolute atomic E-state index is 12.0. The van der Waals surface area contributed by atoms with Crippen LogP contribution in [0.25, 0.3) is 0 Å². The number of rotatable bonds is 4. The lowest BCUT2D eigenvalue weighted by atomic mass is 10.2. The first-order valence-corrected chi connectivity index (χ1v) is 8.95. The zero-order valence-corrected chi connectivity index (χ0v) is 15.1. The van der Waals surface area contributed by atoms with E-state index in [0.29, 0.717) is 12.6 Å². The molecule has 10 nitrogen and oxygen atoms in total. The number of aliphatic carboxylic acids is 2. The van der Waals surface area contributed by atoms with Gasteiger partial charge in [0, 0.05) is 44.6 Å². The lowest BCUT2D eigenvalue weighted by molar-refractivity contribution is -0.159. The second-order valence-corrected chi connectivity index (χ2v) is 6.47. The predicted octanol–water partition coefficient (Wildman–Crippen LogP) is -0.187. The third-order valence-electron chi connectivity index (χ3n) is 4.48. The van der Waals surface area contributed by atoms with Gasteiger partial charge in [-0.2, -0.15) is 0 Å². The van der Waals surface area contributed by atoms with Gasteiger partial charge in [0.15, 0.2) is 0 Å². The molecule has 1 aromatic heterocycles. The van der Waals surface area contributed by atoms with Crippen LogP contribution in [0.5, 0.6) is 0 Å². The van der Waals surface area contributed by atoms with Crippen LogP contribution in [0, 0.1) is 0 Å². The van der Waals surface area contributed by atoms with Crippen LogP contribution in [-0.2, 0) is 14.4 Å². The largest absolute Gasteiger partial charge is 0.473 e. The highest BCUT2D eigenvalue weighted by molar-refractivity contribution is 6.27. The highest BCUT2D eigenvalue weighted by Crippen LogP contribution is 2.17. The molecule has 0 atom stereocenters. The fraction of sp³-hybridized carbons (Fsp3) is 0.588. The topological polar surface area (TPSA) is 136 Å². The minimum Gasteiger partial charge on any atom is -0.473 e. The Hall–Kier alpha value is -2.75. The maximum atomic E-state index is 12.0. The SMILES string of the molecule is O=C(CN1CCN(c2ncccn2)CC1)NC1CCCC1.O=C(O)C(=O)O. The van der Waals surface area contributed by atoms with Crippen molar-refractivity contribution in [3.8, 4) is 0 Å². The number of piperazine rings is 1. The molecule has 1 amide bonds. The summed E-state index contributed by atoms with van der Waals surface area (Å²) in [5.41, 5.74) is 0. The summed E-state index contributed by atoms with van der Waals surface area (Å²) in [6.45, 7) is 4.04. The van der Waals surface area contributed by atoms with Crippen LogP contribution < -0.4 is 10.2 Å². The molecule has 3 N–H and O–H groups in total. The second-order valence-electron chi connectivity index (χ2n) is 6.47. The van der Waals surface area contributed by atoms with E-state index in [1.807, 2.05) is 6.07 Å². The molecule has 2 heterocycles. The van der Waals surface area contributed by atoms with Crippen LogP contribution >= 0.6 is 0 Å². The minimum absolute atomic E-state index is 0.173. The number of carbonyl (C=O) groups is 3. The lowest BCUT2D eigenvalue weighted by Gasteiger charge is -2.34. The molecule has 0 unspecified atom stereocenters. The highest BCUT2D eigenvalue weighted by Gasteiger charge is 2.22. The summed E-state index contributed by atoms with van der Waals surface area (Å²) in [7, 11) is 0. The molecular weight excluding hydrogens is 354 g/mol. The molecule has 27 heavy (non-hydrogen) atoms. The first-order chi connectivity index (χ1) is 13.0. The van der Waals surface area contributed by atoms with Gasteiger partial charge in [0.1, 0.15) is 0 Å². The first-order valence-electron chi connectivity index (χ1n) is 8.95. The van der Waals surface area contributed by atoms with Gasteiger partial charge in [-0.05, 0) is 18.9 Å². The molecule has 148 valence electrons. The number of nitrogens with one attached hydrogen (secondary N) is 1. The van der Waals surface area contributed by atoms with E-state index in [0.717, 1.165) is 45.0 Å². The van der Waals surface area contributed by atoms with Crippen LogP contribution in [0.4, 0.5) is 5.95 Å². The second kappa shape index (κ2) is 10.4. The van der Waals surface area contributed by atoms with E-state index < -0.39 is 11.9 Å². The molecule has 1 saturated carbocycles. The van der Waals surface area contributed by atoms with Crippen LogP contribution in [0.1, 0.15) is 25.7 Å². The monoisotopic (exact) mass is 379 g/mol. The molecule has 1 saturated heterocycles. The van der Waals surface area contributed by atoms with Crippen molar-refractivity contribution >= 4 is 23.8 Å². The minimum atomic E-state index is -1.82. The summed E-state index contributed by atoms with van der Waals surface area (Å²) in [4.78, 5) is 43.2. The van der Waals surface area contributed by atoms with Crippen LogP contribution in [0.2, 0.25) is 0 Å². The summed E-state index contributed by atoms with van der Waals surface area (Å²) in [6, 6.07) is 2.24. The number of aromatic nitrogens is 2. The molecular formula is C17H25N5O5. The van der Waals surface area contributed by atoms with E-state index in [1.54, 1.807) is 12.4 Å². The highest BCUT2D eigenvalue weighted by atomic mass is 16.4. The Kier molecular flexibility index (Phi) is 7.93. The van der Waals surface area contributed by atoms with Crippen LogP contribution in [0.3, 0.4) is 0 Å². The molecule has 10 heteroatoms. The van der Waals surface area contributed by atoms with Crippen molar-refractivity contribution in [3.63, 3.8) is 0 Å². The van der Waals surface area contributed by atoms with E-state index in [-0.39, 0.29) is 5.91 Å². The van der Waals surface area contributed by atoms with Gasteiger partial charge in [-0.1, -0.05) is 12.8 Å². The van der Waals surface area contributed by atoms with Crippen molar-refractivity contribution in [2.75, 3.05) is 37.6 Å². The summed E-state index contributed by atoms with van der Waals surface area (Å²) in [5, 5.41) is 17.9. The number of carboxylic acids is 2. The Balaban J connectivity index is 0.000000380. The molecule has 0 bridgehead atoms. The third-order valence-corrected chi connectivity index (χ3v) is 4.48. The maximum Gasteiger partial charge on any atom is 0.414 e. The Morgan fingerprint density at radius 3 is 2.07 bits per heavy atom. The molecule has 3 rings (SSSR count). The Labute approximate surface area is 157 Å². The van der Waals surface area contributed by atoms with Gasteiger partial charge in [0.25, 0.3) is 0 Å². The van der Waals surface area contributed by atoms with Gasteiger partial charge in [-0.15, -0.1) is 0 Å². The Bertz CT molecular complexity index is 616. The molecule has 1 aliphatic carbocycles. The first kappa shape index (κ1) is 20.6. The average molecular weight is 379 g/mol. The van der Waals surface area contributed by atoms with Crippen molar-refractivity contribution in [2.45, 2.75) is 31.7 Å². The summed E-state index contributed by atoms with van der Waals surface area (Å²) >= 11 is 0. The molecule has 0 radical (unpaired) electrons. The summed E-state index contributed by atoms with van der Waals surface area (Å²) in [5.74, 6) is -2.69. The predicted molar refractivity (Wildman–Crippen MR) is 96.4 cm³/mol. The van der Waals surface area contributed by atoms with E-state index in [9.17, 15) is 4.79 Å². The molecule has 0 spiro atoms. The lowest BCUT2D eigenvalue weighted by Crippen LogP contribution is -2.50. The number of hydrogen-bond donors (Lipinski definition) is 3. The van der Waals surface area contributed by atoms with Crippen LogP contribution in [-0.4, -0.2) is 81.7 Å². The quantitative estimate of drug-likeness (QED) is 0.608. The van der Waals surface area contributed by atoms with Crippen molar-refractivity contribution in [3.05, 3.63) is 18.5 Å². The fourth-order valence-electron chi connectivity index (χ4n) is 3.11. The van der Waals surface area contributed by atoms with Crippen molar-refractivity contribution in [2.24, 2.45) is 0 Å². The van der Waals surface area contributed by atoms with Gasteiger partial charge in [0.2, 0.25) is 11.9 Å². The normalized spacial score (nSPS) is 17.7. The van der Waals surface area contributed by atoms with Gasteiger partial charge in [-0.25, -0.2) is 19.6 Å². The smallest absolute Gasteiger partial charge is 0.414 e. The molecule has 0 aromatic carbocycles. The number of nitrogens with zero attached hydrogens (tertiary/aromatic N) is 4. The zero-order valence-electron chi connectivity index (χ0n) is 15.1. The van der Waals surface area contributed by atoms with Gasteiger partial charge in [-0.3, -0.25) is 9.69 Å². The molecule has 2 fully saturated rings. The van der Waals surface area contributed by atoms with Crippen LogP contribution in [0.15, 0.2) is 18.5 Å². The summed E-state index contributed by atoms with van der Waals surface area (Å²) < 4.78 is 0. The van der Waals surface area contributed by atoms with E-state index in [1.165, 1.54) is 12.8 Å². The van der Waals surface area contributed by atoms with Gasteiger partial charge < -0.3 is 20.4 Å². The number of amides is 1. The summed E-state index contributed by atoms with van der Waals surface area (Å²) in [6.07, 6.45) is 8.32. The third kappa shape index (κ3) is 7.18. The number of anilines is 1. The van der Waals surface area contributed by atoms with Crippen molar-refractivity contribution < 1.29 is 24.6 Å². The van der Waals surface area contributed by atoms with Crippen molar-refractivity contribution in [1.82, 2.24) is 20.2 Å². The van der Waals surface area contributed by atoms with Gasteiger partial charge >= 0.3 is 11.9 Å². The Morgan fingerprint density at radius 2 is 1.56 bits per heavy atom. The molecule has 1 aromatic rings. The molecule has 1 aliphatic heterocycles. The van der Waals surface area contributed by atoms with Crippen molar-refractivity contribution in [1.29, 1.82) is 0 Å². The number of hydrogen-bond acceptors (Lipinski definition) is 7. The standard InChI is InChI=1S/C15H23N5O.C2H2O4/c21-14(18-13-4-1-2-5-13)12-19-8-10-20(11-9-19)15-16-6-3-7-17-15;3-1(4)2(5)6/h3,6-7,13H,1-2,4-5,8-12H2,(H,18,21);(H,3,4)(H,5,6). The molecule has 2 aliphatic rings. The average Bonchev–Trinajstić information content (AvgIpc) is 3.16. The van der Waals surface area contributed by atoms with E-state index in [4.69, 9.17) is 19.8 Å². The van der Waals surface area contributed by atoms with E-state index >= 15 is 0 Å². The fourth-order valence-corrected chi connectivity index (χ4v) is 3.11. The number of carboxylic acid groups (broad SMARTS) is 2. The Morgan fingerprint density at radius 1 is 1.00 bits per heavy atom. The van der Waals surface area contributed by atoms with E-state index in [2.05, 4.69) is 25.1 Å². The number of carbonyl (C=O) groups excluding carboxylic acids is 1. The zero-order chi connectivity index (χ0) is 19.6.